The number of rotatable bonds is 0. The minimum Gasteiger partial charge on any atom is -0.440 e. The molecule has 0 aromatic heterocycles. The number of fused-ring (bicyclic) bond motifs is 2. The number of nitrogens with zero attached hydrogens (tertiary/aromatic N) is 1. The van der Waals surface area contributed by atoms with Crippen molar-refractivity contribution in [3.05, 3.63) is 42.0 Å². The maximum absolute atomic E-state index is 12.3. The first-order valence-corrected chi connectivity index (χ1v) is 5.42. The van der Waals surface area contributed by atoms with Crippen LogP contribution in [0.5, 0.6) is 0 Å². The molecule has 0 radical (unpaired) electrons. The first-order valence-electron chi connectivity index (χ1n) is 5.42. The Hall–Kier alpha value is -2.10. The molecule has 4 heteroatoms. The van der Waals surface area contributed by atoms with Crippen molar-refractivity contribution in [1.29, 1.82) is 0 Å². The molecule has 1 atom stereocenters. The summed E-state index contributed by atoms with van der Waals surface area (Å²) in [4.78, 5) is 25.2. The van der Waals surface area contributed by atoms with Crippen molar-refractivity contribution in [3.8, 4) is 0 Å². The van der Waals surface area contributed by atoms with E-state index in [1.54, 1.807) is 18.0 Å². The van der Waals surface area contributed by atoms with Crippen LogP contribution in [0.1, 0.15) is 12.0 Å². The number of hydrogen-bond acceptors (Lipinski definition) is 3. The van der Waals surface area contributed by atoms with Crippen molar-refractivity contribution in [2.24, 2.45) is 0 Å². The van der Waals surface area contributed by atoms with Crippen molar-refractivity contribution < 1.29 is 14.3 Å². The van der Waals surface area contributed by atoms with Crippen LogP contribution in [-0.4, -0.2) is 18.9 Å². The largest absolute Gasteiger partial charge is 0.440 e. The summed E-state index contributed by atoms with van der Waals surface area (Å²) < 4.78 is 5.33. The molecular formula is C13H11NO3. The molecule has 0 fully saturated rings. The summed E-state index contributed by atoms with van der Waals surface area (Å²) in [5.41, 5.74) is 0.433. The Labute approximate surface area is 98.5 Å². The predicted molar refractivity (Wildman–Crippen MR) is 61.4 cm³/mol. The number of anilines is 1. The van der Waals surface area contributed by atoms with Crippen molar-refractivity contribution in [1.82, 2.24) is 0 Å². The highest BCUT2D eigenvalue weighted by Crippen LogP contribution is 2.45. The van der Waals surface area contributed by atoms with Gasteiger partial charge in [-0.05, 0) is 6.07 Å². The maximum atomic E-state index is 12.3. The second-order valence-corrected chi connectivity index (χ2v) is 4.24. The zero-order valence-corrected chi connectivity index (χ0v) is 9.34. The van der Waals surface area contributed by atoms with Gasteiger partial charge in [-0.2, -0.15) is 0 Å². The number of ether oxygens (including phenoxy) is 1. The maximum Gasteiger partial charge on any atom is 0.331 e. The average molecular weight is 229 g/mol. The van der Waals surface area contributed by atoms with Crippen LogP contribution in [0.3, 0.4) is 0 Å². The molecule has 17 heavy (non-hydrogen) atoms. The van der Waals surface area contributed by atoms with Gasteiger partial charge < -0.3 is 9.64 Å². The number of benzene rings is 1. The van der Waals surface area contributed by atoms with E-state index in [4.69, 9.17) is 4.74 Å². The van der Waals surface area contributed by atoms with E-state index in [2.05, 4.69) is 0 Å². The van der Waals surface area contributed by atoms with Gasteiger partial charge in [0.1, 0.15) is 0 Å². The molecular weight excluding hydrogens is 218 g/mol. The van der Waals surface area contributed by atoms with Gasteiger partial charge in [0, 0.05) is 25.1 Å². The second-order valence-electron chi connectivity index (χ2n) is 4.24. The first kappa shape index (κ1) is 10.1. The van der Waals surface area contributed by atoms with Gasteiger partial charge in [-0.3, -0.25) is 4.79 Å². The Morgan fingerprint density at radius 2 is 2.06 bits per heavy atom. The minimum absolute atomic E-state index is 0.184. The Balaban J connectivity index is 2.21. The van der Waals surface area contributed by atoms with Crippen molar-refractivity contribution in [3.63, 3.8) is 0 Å². The number of likely N-dealkylation sites (N-methyl/N-ethyl adjacent to an activating group) is 1. The fourth-order valence-corrected chi connectivity index (χ4v) is 2.47. The summed E-state index contributed by atoms with van der Waals surface area (Å²) in [6.07, 6.45) is 3.46. The van der Waals surface area contributed by atoms with Crippen LogP contribution in [0.15, 0.2) is 36.4 Å². The highest BCUT2D eigenvalue weighted by atomic mass is 16.6. The molecule has 0 saturated heterocycles. The lowest BCUT2D eigenvalue weighted by Crippen LogP contribution is -2.43. The van der Waals surface area contributed by atoms with Crippen LogP contribution in [0.2, 0.25) is 0 Å². The molecule has 0 unspecified atom stereocenters. The lowest BCUT2D eigenvalue weighted by atomic mass is 9.90. The van der Waals surface area contributed by atoms with E-state index in [9.17, 15) is 9.59 Å². The smallest absolute Gasteiger partial charge is 0.331 e. The van der Waals surface area contributed by atoms with Crippen molar-refractivity contribution in [2.75, 3.05) is 11.9 Å². The van der Waals surface area contributed by atoms with Gasteiger partial charge in [0.15, 0.2) is 0 Å². The van der Waals surface area contributed by atoms with Gasteiger partial charge in [0.2, 0.25) is 5.60 Å². The quantitative estimate of drug-likeness (QED) is 0.631. The van der Waals surface area contributed by atoms with Crippen LogP contribution in [0, 0.1) is 0 Å². The fraction of sp³-hybridized carbons (Fsp3) is 0.231. The number of amides is 1. The van der Waals surface area contributed by atoms with Crippen molar-refractivity contribution in [2.45, 2.75) is 12.0 Å². The molecule has 0 aliphatic carbocycles. The third-order valence-corrected chi connectivity index (χ3v) is 3.28. The van der Waals surface area contributed by atoms with Gasteiger partial charge in [-0.25, -0.2) is 4.79 Å². The lowest BCUT2D eigenvalue weighted by molar-refractivity contribution is -0.164. The Morgan fingerprint density at radius 1 is 1.29 bits per heavy atom. The number of carbonyl (C=O) groups excluding carboxylic acids is 2. The van der Waals surface area contributed by atoms with Gasteiger partial charge in [0.05, 0.1) is 5.69 Å². The first-order chi connectivity index (χ1) is 8.15. The molecule has 0 bridgehead atoms. The zero-order valence-electron chi connectivity index (χ0n) is 9.34. The predicted octanol–water partition coefficient (Wildman–Crippen LogP) is 1.36. The normalized spacial score (nSPS) is 26.3. The standard InChI is InChI=1S/C13H11NO3/c1-14-10-6-3-2-5-9(10)13(12(14)16)8-4-7-11(15)17-13/h2-7H,8H2,1H3/t13-/m0/s1. The average Bonchev–Trinajstić information content (AvgIpc) is 2.54. The molecule has 1 aromatic rings. The number of esters is 1. The molecule has 1 spiro atoms. The summed E-state index contributed by atoms with van der Waals surface area (Å²) in [7, 11) is 1.70. The number of hydrogen-bond donors (Lipinski definition) is 0. The topological polar surface area (TPSA) is 46.6 Å². The molecule has 1 amide bonds. The number of para-hydroxylation sites is 1. The Bertz CT molecular complexity index is 549. The van der Waals surface area contributed by atoms with E-state index in [0.29, 0.717) is 6.42 Å². The van der Waals surface area contributed by atoms with E-state index in [0.717, 1.165) is 11.3 Å². The number of carbonyl (C=O) groups is 2. The third-order valence-electron chi connectivity index (χ3n) is 3.28. The van der Waals surface area contributed by atoms with Gasteiger partial charge in [-0.1, -0.05) is 24.3 Å². The van der Waals surface area contributed by atoms with Crippen LogP contribution < -0.4 is 4.90 Å². The highest BCUT2D eigenvalue weighted by molar-refractivity contribution is 6.08. The van der Waals surface area contributed by atoms with Gasteiger partial charge in [-0.15, -0.1) is 0 Å². The molecule has 0 N–H and O–H groups in total. The van der Waals surface area contributed by atoms with Crippen LogP contribution in [-0.2, 0) is 19.9 Å². The van der Waals surface area contributed by atoms with Crippen LogP contribution >= 0.6 is 0 Å². The molecule has 1 aromatic carbocycles. The van der Waals surface area contributed by atoms with E-state index >= 15 is 0 Å². The molecule has 4 nitrogen and oxygen atoms in total. The van der Waals surface area contributed by atoms with Gasteiger partial charge >= 0.3 is 5.97 Å². The molecule has 86 valence electrons. The van der Waals surface area contributed by atoms with E-state index in [-0.39, 0.29) is 5.91 Å². The Morgan fingerprint density at radius 3 is 2.82 bits per heavy atom. The van der Waals surface area contributed by atoms with E-state index < -0.39 is 11.6 Å². The molecule has 2 aliphatic heterocycles. The fourth-order valence-electron chi connectivity index (χ4n) is 2.47. The van der Waals surface area contributed by atoms with E-state index in [1.165, 1.54) is 6.08 Å². The van der Waals surface area contributed by atoms with Gasteiger partial charge in [0.25, 0.3) is 5.91 Å². The monoisotopic (exact) mass is 229 g/mol. The highest BCUT2D eigenvalue weighted by Gasteiger charge is 2.53. The molecule has 0 saturated carbocycles. The van der Waals surface area contributed by atoms with Crippen molar-refractivity contribution >= 4 is 17.6 Å². The zero-order chi connectivity index (χ0) is 12.0. The lowest BCUT2D eigenvalue weighted by Gasteiger charge is -2.28. The Kier molecular flexibility index (Phi) is 1.90. The molecule has 2 heterocycles. The molecule has 2 aliphatic rings. The summed E-state index contributed by atoms with van der Waals surface area (Å²) >= 11 is 0. The summed E-state index contributed by atoms with van der Waals surface area (Å²) in [6.45, 7) is 0. The summed E-state index contributed by atoms with van der Waals surface area (Å²) in [6, 6.07) is 7.40. The molecule has 3 rings (SSSR count). The SMILES string of the molecule is CN1C(=O)[C@]2(CC=CC(=O)O2)c2ccccc21. The van der Waals surface area contributed by atoms with Crippen LogP contribution in [0.25, 0.3) is 0 Å². The second kappa shape index (κ2) is 3.20. The van der Waals surface area contributed by atoms with E-state index in [1.807, 2.05) is 24.3 Å². The summed E-state index contributed by atoms with van der Waals surface area (Å²) in [5, 5.41) is 0. The van der Waals surface area contributed by atoms with Crippen LogP contribution in [0.4, 0.5) is 5.69 Å². The summed E-state index contributed by atoms with van der Waals surface area (Å²) in [5.74, 6) is -0.647. The third kappa shape index (κ3) is 1.18. The minimum atomic E-state index is -1.14.